The Morgan fingerprint density at radius 2 is 1.81 bits per heavy atom. The average molecular weight is 359 g/mol. The first kappa shape index (κ1) is 18.4. The van der Waals surface area contributed by atoms with E-state index in [0.29, 0.717) is 38.8 Å². The number of carboxylic acid groups (broad SMARTS) is 1. The van der Waals surface area contributed by atoms with Gasteiger partial charge in [0.25, 0.3) is 5.91 Å². The number of hydrazine groups is 1. The highest BCUT2D eigenvalue weighted by Crippen LogP contribution is 2.24. The summed E-state index contributed by atoms with van der Waals surface area (Å²) in [6, 6.07) is 8.23. The van der Waals surface area contributed by atoms with Crippen LogP contribution in [-0.4, -0.2) is 58.1 Å². The summed E-state index contributed by atoms with van der Waals surface area (Å²) in [4.78, 5) is 36.8. The number of fused-ring (bicyclic) bond motifs is 1. The average Bonchev–Trinajstić information content (AvgIpc) is 2.80. The van der Waals surface area contributed by atoms with Gasteiger partial charge < -0.3 is 10.4 Å². The summed E-state index contributed by atoms with van der Waals surface area (Å²) in [5.41, 5.74) is 1.07. The molecular formula is C19H25N3O4. The summed E-state index contributed by atoms with van der Waals surface area (Å²) in [6.45, 7) is 1.33. The monoisotopic (exact) mass is 359 g/mol. The van der Waals surface area contributed by atoms with E-state index >= 15 is 0 Å². The van der Waals surface area contributed by atoms with Gasteiger partial charge in [0.05, 0.1) is 0 Å². The van der Waals surface area contributed by atoms with Gasteiger partial charge in [-0.15, -0.1) is 0 Å². The Morgan fingerprint density at radius 3 is 2.50 bits per heavy atom. The molecule has 0 aromatic heterocycles. The Morgan fingerprint density at radius 1 is 1.12 bits per heavy atom. The Hall–Kier alpha value is -2.41. The quantitative estimate of drug-likeness (QED) is 0.824. The van der Waals surface area contributed by atoms with Gasteiger partial charge >= 0.3 is 5.97 Å². The molecule has 2 fully saturated rings. The van der Waals surface area contributed by atoms with E-state index in [1.54, 1.807) is 0 Å². The van der Waals surface area contributed by atoms with Crippen LogP contribution in [0.4, 0.5) is 0 Å². The minimum Gasteiger partial charge on any atom is -0.480 e. The molecule has 2 atom stereocenters. The molecular weight excluding hydrogens is 334 g/mol. The molecule has 2 saturated heterocycles. The lowest BCUT2D eigenvalue weighted by molar-refractivity contribution is -0.174. The lowest BCUT2D eigenvalue weighted by Gasteiger charge is -2.42. The summed E-state index contributed by atoms with van der Waals surface area (Å²) in [5, 5.41) is 15.5. The molecule has 0 radical (unpaired) electrons. The van der Waals surface area contributed by atoms with E-state index in [9.17, 15) is 19.5 Å². The first-order valence-corrected chi connectivity index (χ1v) is 9.20. The molecule has 0 spiro atoms. The maximum atomic E-state index is 12.9. The van der Waals surface area contributed by atoms with E-state index in [1.807, 2.05) is 35.3 Å². The van der Waals surface area contributed by atoms with Crippen LogP contribution < -0.4 is 5.32 Å². The second-order valence-electron chi connectivity index (χ2n) is 6.88. The molecule has 0 aliphatic carbocycles. The highest BCUT2D eigenvalue weighted by molar-refractivity contribution is 5.90. The zero-order chi connectivity index (χ0) is 18.5. The fraction of sp³-hybridized carbons (Fsp3) is 0.526. The number of carbonyl (C=O) groups is 3. The van der Waals surface area contributed by atoms with Crippen molar-refractivity contribution in [2.75, 3.05) is 13.1 Å². The van der Waals surface area contributed by atoms with Gasteiger partial charge in [0.15, 0.2) is 0 Å². The number of nitrogens with zero attached hydrogens (tertiary/aromatic N) is 2. The van der Waals surface area contributed by atoms with Crippen molar-refractivity contribution in [1.29, 1.82) is 0 Å². The third kappa shape index (κ3) is 4.22. The summed E-state index contributed by atoms with van der Waals surface area (Å²) >= 11 is 0. The van der Waals surface area contributed by atoms with Gasteiger partial charge in [-0.05, 0) is 37.7 Å². The molecule has 140 valence electrons. The number of amides is 2. The molecule has 2 aliphatic heterocycles. The maximum absolute atomic E-state index is 12.9. The van der Waals surface area contributed by atoms with Crippen LogP contribution in [0.2, 0.25) is 0 Å². The Balaban J connectivity index is 1.62. The normalized spacial score (nSPS) is 23.8. The number of aliphatic carboxylic acids is 1. The maximum Gasteiger partial charge on any atom is 0.328 e. The van der Waals surface area contributed by atoms with Crippen LogP contribution in [0.5, 0.6) is 0 Å². The van der Waals surface area contributed by atoms with E-state index in [0.717, 1.165) is 18.4 Å². The van der Waals surface area contributed by atoms with Crippen LogP contribution in [-0.2, 0) is 20.8 Å². The van der Waals surface area contributed by atoms with Crippen molar-refractivity contribution >= 4 is 17.8 Å². The molecule has 1 aromatic carbocycles. The van der Waals surface area contributed by atoms with E-state index < -0.39 is 18.1 Å². The molecule has 2 N–H and O–H groups in total. The SMILES string of the molecule is O=C(CCc1ccccc1)N[C@H]1CCCN2CCC[C@@H](C(=O)O)N2C1=O. The lowest BCUT2D eigenvalue weighted by atomic mass is 10.1. The number of rotatable bonds is 5. The van der Waals surface area contributed by atoms with Crippen LogP contribution in [0, 0.1) is 0 Å². The van der Waals surface area contributed by atoms with Crippen molar-refractivity contribution in [3.63, 3.8) is 0 Å². The molecule has 2 aliphatic rings. The number of carbonyl (C=O) groups excluding carboxylic acids is 2. The number of benzene rings is 1. The second-order valence-corrected chi connectivity index (χ2v) is 6.88. The fourth-order valence-electron chi connectivity index (χ4n) is 3.70. The smallest absolute Gasteiger partial charge is 0.328 e. The van der Waals surface area contributed by atoms with Crippen LogP contribution in [0.3, 0.4) is 0 Å². The Bertz CT molecular complexity index is 664. The van der Waals surface area contributed by atoms with Crippen LogP contribution in [0.25, 0.3) is 0 Å². The summed E-state index contributed by atoms with van der Waals surface area (Å²) in [5.74, 6) is -1.47. The molecule has 0 saturated carbocycles. The molecule has 2 amide bonds. The standard InChI is InChI=1S/C19H25N3O4/c23-17(11-10-14-6-2-1-3-7-14)20-15-8-4-12-21-13-5-9-16(19(25)26)22(21)18(15)24/h1-3,6-7,15-16H,4-5,8-13H2,(H,20,23)(H,25,26)/t15-,16-/m0/s1. The first-order valence-electron chi connectivity index (χ1n) is 9.20. The van der Waals surface area contributed by atoms with Gasteiger partial charge in [-0.1, -0.05) is 30.3 Å². The molecule has 7 heteroatoms. The Labute approximate surface area is 152 Å². The third-order valence-corrected chi connectivity index (χ3v) is 5.03. The van der Waals surface area contributed by atoms with Crippen LogP contribution in [0.15, 0.2) is 30.3 Å². The van der Waals surface area contributed by atoms with Gasteiger partial charge in [0, 0.05) is 19.5 Å². The number of nitrogens with one attached hydrogen (secondary N) is 1. The molecule has 2 heterocycles. The molecule has 3 rings (SSSR count). The topological polar surface area (TPSA) is 89.9 Å². The largest absolute Gasteiger partial charge is 0.480 e. The predicted octanol–water partition coefficient (Wildman–Crippen LogP) is 1.19. The summed E-state index contributed by atoms with van der Waals surface area (Å²) in [7, 11) is 0. The summed E-state index contributed by atoms with van der Waals surface area (Å²) < 4.78 is 0. The molecule has 1 aromatic rings. The summed E-state index contributed by atoms with van der Waals surface area (Å²) in [6.07, 6.45) is 3.41. The minimum absolute atomic E-state index is 0.176. The van der Waals surface area contributed by atoms with Gasteiger partial charge in [0.1, 0.15) is 12.1 Å². The van der Waals surface area contributed by atoms with E-state index in [1.165, 1.54) is 5.01 Å². The van der Waals surface area contributed by atoms with Crippen LogP contribution >= 0.6 is 0 Å². The Kier molecular flexibility index (Phi) is 5.88. The number of hydrogen-bond donors (Lipinski definition) is 2. The number of carboxylic acids is 1. The molecule has 7 nitrogen and oxygen atoms in total. The lowest BCUT2D eigenvalue weighted by Crippen LogP contribution is -2.61. The molecule has 26 heavy (non-hydrogen) atoms. The van der Waals surface area contributed by atoms with Crippen molar-refractivity contribution < 1.29 is 19.5 Å². The zero-order valence-corrected chi connectivity index (χ0v) is 14.8. The predicted molar refractivity (Wildman–Crippen MR) is 95.0 cm³/mol. The first-order chi connectivity index (χ1) is 12.6. The zero-order valence-electron chi connectivity index (χ0n) is 14.8. The van der Waals surface area contributed by atoms with E-state index in [4.69, 9.17) is 0 Å². The number of hydrogen-bond acceptors (Lipinski definition) is 4. The van der Waals surface area contributed by atoms with Gasteiger partial charge in [-0.3, -0.25) is 14.6 Å². The third-order valence-electron chi connectivity index (χ3n) is 5.03. The highest BCUT2D eigenvalue weighted by Gasteiger charge is 2.41. The fourth-order valence-corrected chi connectivity index (χ4v) is 3.70. The van der Waals surface area contributed by atoms with Crippen molar-refractivity contribution in [3.8, 4) is 0 Å². The van der Waals surface area contributed by atoms with Crippen molar-refractivity contribution in [3.05, 3.63) is 35.9 Å². The molecule has 0 bridgehead atoms. The van der Waals surface area contributed by atoms with Gasteiger partial charge in [-0.25, -0.2) is 9.80 Å². The van der Waals surface area contributed by atoms with Crippen molar-refractivity contribution in [2.45, 2.75) is 50.6 Å². The van der Waals surface area contributed by atoms with Crippen LogP contribution in [0.1, 0.15) is 37.7 Å². The van der Waals surface area contributed by atoms with Gasteiger partial charge in [-0.2, -0.15) is 0 Å². The van der Waals surface area contributed by atoms with Gasteiger partial charge in [0.2, 0.25) is 5.91 Å². The minimum atomic E-state index is -0.987. The highest BCUT2D eigenvalue weighted by atomic mass is 16.4. The second kappa shape index (κ2) is 8.31. The molecule has 0 unspecified atom stereocenters. The van der Waals surface area contributed by atoms with Crippen molar-refractivity contribution in [1.82, 2.24) is 15.3 Å². The van der Waals surface area contributed by atoms with Crippen molar-refractivity contribution in [2.24, 2.45) is 0 Å². The van der Waals surface area contributed by atoms with E-state index in [2.05, 4.69) is 5.32 Å². The van der Waals surface area contributed by atoms with E-state index in [-0.39, 0.29) is 11.8 Å². The number of aryl methyl sites for hydroxylation is 1.